The summed E-state index contributed by atoms with van der Waals surface area (Å²) in [6, 6.07) is 13.0. The summed E-state index contributed by atoms with van der Waals surface area (Å²) in [5.41, 5.74) is 3.12. The van der Waals surface area contributed by atoms with Gasteiger partial charge < -0.3 is 14.0 Å². The van der Waals surface area contributed by atoms with Gasteiger partial charge in [-0.15, -0.1) is 0 Å². The largest absolute Gasteiger partial charge is 0.494 e. The van der Waals surface area contributed by atoms with Crippen LogP contribution in [0.15, 0.2) is 48.7 Å². The van der Waals surface area contributed by atoms with E-state index >= 15 is 0 Å². The summed E-state index contributed by atoms with van der Waals surface area (Å²) < 4.78 is 12.2. The minimum absolute atomic E-state index is 0.357. The van der Waals surface area contributed by atoms with E-state index in [1.54, 1.807) is 12.1 Å². The molecular weight excluding hydrogens is 318 g/mol. The number of rotatable bonds is 6. The van der Waals surface area contributed by atoms with Crippen LogP contribution in [0.3, 0.4) is 0 Å². The molecule has 0 saturated heterocycles. The van der Waals surface area contributed by atoms with Gasteiger partial charge in [0.25, 0.3) is 0 Å². The second-order valence-electron chi connectivity index (χ2n) is 5.63. The van der Waals surface area contributed by atoms with E-state index < -0.39 is 0 Å². The van der Waals surface area contributed by atoms with E-state index in [4.69, 9.17) is 9.47 Å². The standard InChI is InChI=1S/C20H19NO4/c1-3-25-17-8-9-19-18(10-17)16(13-22)12-21(19)11-14-4-6-15(7-5-14)20(23)24-2/h4-10,12-13H,3,11H2,1-2H3. The van der Waals surface area contributed by atoms with Crippen molar-refractivity contribution in [2.24, 2.45) is 0 Å². The van der Waals surface area contributed by atoms with Gasteiger partial charge in [0, 0.05) is 29.2 Å². The molecule has 5 nitrogen and oxygen atoms in total. The number of hydrogen-bond acceptors (Lipinski definition) is 4. The molecule has 0 aliphatic heterocycles. The Morgan fingerprint density at radius 1 is 1.16 bits per heavy atom. The second kappa shape index (κ2) is 7.21. The van der Waals surface area contributed by atoms with Crippen LogP contribution in [-0.2, 0) is 11.3 Å². The van der Waals surface area contributed by atoms with E-state index in [-0.39, 0.29) is 5.97 Å². The number of fused-ring (bicyclic) bond motifs is 1. The molecule has 25 heavy (non-hydrogen) atoms. The summed E-state index contributed by atoms with van der Waals surface area (Å²) >= 11 is 0. The number of aromatic nitrogens is 1. The van der Waals surface area contributed by atoms with E-state index in [2.05, 4.69) is 0 Å². The Labute approximate surface area is 145 Å². The Balaban J connectivity index is 1.93. The van der Waals surface area contributed by atoms with Gasteiger partial charge in [-0.1, -0.05) is 12.1 Å². The van der Waals surface area contributed by atoms with Gasteiger partial charge in [0.15, 0.2) is 6.29 Å². The fourth-order valence-electron chi connectivity index (χ4n) is 2.85. The van der Waals surface area contributed by atoms with E-state index in [0.29, 0.717) is 24.3 Å². The molecule has 0 amide bonds. The fourth-order valence-corrected chi connectivity index (χ4v) is 2.85. The first kappa shape index (κ1) is 16.8. The van der Waals surface area contributed by atoms with Crippen LogP contribution in [0, 0.1) is 0 Å². The summed E-state index contributed by atoms with van der Waals surface area (Å²) in [7, 11) is 1.36. The highest BCUT2D eigenvalue weighted by Crippen LogP contribution is 2.26. The predicted octanol–water partition coefficient (Wildman–Crippen LogP) is 3.69. The number of carbonyl (C=O) groups excluding carboxylic acids is 2. The van der Waals surface area contributed by atoms with Crippen molar-refractivity contribution in [1.29, 1.82) is 0 Å². The molecule has 0 radical (unpaired) electrons. The number of ether oxygens (including phenoxy) is 2. The van der Waals surface area contributed by atoms with Crippen molar-refractivity contribution in [3.05, 3.63) is 65.4 Å². The minimum atomic E-state index is -0.357. The molecule has 5 heteroatoms. The molecule has 0 aliphatic rings. The van der Waals surface area contributed by atoms with Gasteiger partial charge in [0.1, 0.15) is 5.75 Å². The quantitative estimate of drug-likeness (QED) is 0.508. The van der Waals surface area contributed by atoms with Gasteiger partial charge in [0.05, 0.1) is 19.3 Å². The highest BCUT2D eigenvalue weighted by Gasteiger charge is 2.10. The van der Waals surface area contributed by atoms with Crippen molar-refractivity contribution >= 4 is 23.2 Å². The maximum Gasteiger partial charge on any atom is 0.337 e. The summed E-state index contributed by atoms with van der Waals surface area (Å²) in [6.45, 7) is 3.10. The van der Waals surface area contributed by atoms with Crippen LogP contribution in [0.4, 0.5) is 0 Å². The Kier molecular flexibility index (Phi) is 4.84. The van der Waals surface area contributed by atoms with Crippen molar-refractivity contribution in [3.63, 3.8) is 0 Å². The molecule has 0 bridgehead atoms. The van der Waals surface area contributed by atoms with Crippen LogP contribution < -0.4 is 4.74 Å². The summed E-state index contributed by atoms with van der Waals surface area (Å²) in [5.74, 6) is 0.392. The number of hydrogen-bond donors (Lipinski definition) is 0. The van der Waals surface area contributed by atoms with Gasteiger partial charge in [0.2, 0.25) is 0 Å². The van der Waals surface area contributed by atoms with Gasteiger partial charge in [-0.05, 0) is 42.8 Å². The number of benzene rings is 2. The number of aldehydes is 1. The molecule has 0 unspecified atom stereocenters. The van der Waals surface area contributed by atoms with Crippen molar-refractivity contribution < 1.29 is 19.1 Å². The monoisotopic (exact) mass is 337 g/mol. The lowest BCUT2D eigenvalue weighted by Gasteiger charge is -2.08. The molecule has 2 aromatic carbocycles. The summed E-state index contributed by atoms with van der Waals surface area (Å²) in [5, 5.41) is 0.868. The van der Waals surface area contributed by atoms with Crippen LogP contribution in [-0.4, -0.2) is 30.5 Å². The highest BCUT2D eigenvalue weighted by molar-refractivity contribution is 5.98. The van der Waals surface area contributed by atoms with Crippen LogP contribution in [0.5, 0.6) is 5.75 Å². The fraction of sp³-hybridized carbons (Fsp3) is 0.200. The molecule has 1 heterocycles. The topological polar surface area (TPSA) is 57.5 Å². The number of nitrogens with zero attached hydrogens (tertiary/aromatic N) is 1. The third-order valence-corrected chi connectivity index (χ3v) is 4.05. The van der Waals surface area contributed by atoms with Crippen molar-refractivity contribution in [2.75, 3.05) is 13.7 Å². The third kappa shape index (κ3) is 3.40. The van der Waals surface area contributed by atoms with E-state index in [1.165, 1.54) is 7.11 Å². The molecule has 0 atom stereocenters. The lowest BCUT2D eigenvalue weighted by Crippen LogP contribution is -2.02. The minimum Gasteiger partial charge on any atom is -0.494 e. The van der Waals surface area contributed by atoms with Gasteiger partial charge in [-0.3, -0.25) is 4.79 Å². The lowest BCUT2D eigenvalue weighted by molar-refractivity contribution is 0.0600. The molecule has 0 saturated carbocycles. The van der Waals surface area contributed by atoms with E-state index in [9.17, 15) is 9.59 Å². The molecule has 0 fully saturated rings. The molecule has 0 aliphatic carbocycles. The van der Waals surface area contributed by atoms with Crippen LogP contribution in [0.2, 0.25) is 0 Å². The Morgan fingerprint density at radius 2 is 1.92 bits per heavy atom. The second-order valence-corrected chi connectivity index (χ2v) is 5.63. The van der Waals surface area contributed by atoms with E-state index in [1.807, 2.05) is 48.0 Å². The molecule has 0 N–H and O–H groups in total. The van der Waals surface area contributed by atoms with Crippen molar-refractivity contribution in [2.45, 2.75) is 13.5 Å². The summed E-state index contributed by atoms with van der Waals surface area (Å²) in [6.07, 6.45) is 2.69. The molecular formula is C20H19NO4. The van der Waals surface area contributed by atoms with Crippen LogP contribution in [0.25, 0.3) is 10.9 Å². The number of carbonyl (C=O) groups is 2. The first-order valence-corrected chi connectivity index (χ1v) is 8.04. The SMILES string of the molecule is CCOc1ccc2c(c1)c(C=O)cn2Cc1ccc(C(=O)OC)cc1. The van der Waals surface area contributed by atoms with Crippen LogP contribution >= 0.6 is 0 Å². The average Bonchev–Trinajstić information content (AvgIpc) is 2.99. The molecule has 1 aromatic heterocycles. The Morgan fingerprint density at radius 3 is 2.56 bits per heavy atom. The smallest absolute Gasteiger partial charge is 0.337 e. The van der Waals surface area contributed by atoms with Gasteiger partial charge in [-0.25, -0.2) is 4.79 Å². The zero-order valence-electron chi connectivity index (χ0n) is 14.2. The maximum atomic E-state index is 11.5. The average molecular weight is 337 g/mol. The first-order valence-electron chi connectivity index (χ1n) is 8.04. The van der Waals surface area contributed by atoms with Gasteiger partial charge in [-0.2, -0.15) is 0 Å². The zero-order chi connectivity index (χ0) is 17.8. The molecule has 3 rings (SSSR count). The highest BCUT2D eigenvalue weighted by atomic mass is 16.5. The molecule has 0 spiro atoms. The van der Waals surface area contributed by atoms with Crippen molar-refractivity contribution in [1.82, 2.24) is 4.57 Å². The number of methoxy groups -OCH3 is 1. The van der Waals surface area contributed by atoms with Crippen LogP contribution in [0.1, 0.15) is 33.2 Å². The zero-order valence-corrected chi connectivity index (χ0v) is 14.2. The predicted molar refractivity (Wildman–Crippen MR) is 95.4 cm³/mol. The molecule has 3 aromatic rings. The normalized spacial score (nSPS) is 10.6. The Bertz CT molecular complexity index is 909. The van der Waals surface area contributed by atoms with E-state index in [0.717, 1.165) is 28.5 Å². The van der Waals surface area contributed by atoms with Crippen molar-refractivity contribution in [3.8, 4) is 5.75 Å². The summed E-state index contributed by atoms with van der Waals surface area (Å²) in [4.78, 5) is 22.9. The van der Waals surface area contributed by atoms with Gasteiger partial charge >= 0.3 is 5.97 Å². The molecule has 128 valence electrons. The Hall–Kier alpha value is -3.08. The maximum absolute atomic E-state index is 11.5. The number of esters is 1. The lowest BCUT2D eigenvalue weighted by atomic mass is 10.1. The third-order valence-electron chi connectivity index (χ3n) is 4.05. The first-order chi connectivity index (χ1) is 12.2.